The van der Waals surface area contributed by atoms with Crippen molar-refractivity contribution in [2.75, 3.05) is 6.54 Å². The maximum absolute atomic E-state index is 3.93. The largest absolute Gasteiger partial charge is 0.342 e. The summed E-state index contributed by atoms with van der Waals surface area (Å²) in [4.78, 5) is 2.11. The van der Waals surface area contributed by atoms with Crippen LogP contribution in [0.2, 0.25) is 0 Å². The summed E-state index contributed by atoms with van der Waals surface area (Å²) in [7, 11) is 0. The summed E-state index contributed by atoms with van der Waals surface area (Å²) in [6.07, 6.45) is 6.71. The van der Waals surface area contributed by atoms with Crippen molar-refractivity contribution >= 4 is 0 Å². The van der Waals surface area contributed by atoms with Gasteiger partial charge in [0.1, 0.15) is 0 Å². The second kappa shape index (κ2) is 6.30. The fraction of sp³-hybridized carbons (Fsp3) is 0.333. The second-order valence-corrected chi connectivity index (χ2v) is 2.76. The first-order valence-corrected chi connectivity index (χ1v) is 4.58. The van der Waals surface area contributed by atoms with Gasteiger partial charge < -0.3 is 4.90 Å². The number of allylic oxidation sites excluding steroid dienone is 3. The van der Waals surface area contributed by atoms with E-state index in [9.17, 15) is 0 Å². The van der Waals surface area contributed by atoms with Crippen molar-refractivity contribution in [1.82, 2.24) is 4.90 Å². The van der Waals surface area contributed by atoms with E-state index in [0.29, 0.717) is 0 Å². The molecule has 13 heavy (non-hydrogen) atoms. The zero-order valence-corrected chi connectivity index (χ0v) is 8.71. The van der Waals surface area contributed by atoms with E-state index in [-0.39, 0.29) is 0 Å². The Bertz CT molecular complexity index is 223. The van der Waals surface area contributed by atoms with Crippen LogP contribution in [0.5, 0.6) is 0 Å². The molecule has 0 spiro atoms. The molecule has 1 heteroatoms. The van der Waals surface area contributed by atoms with Gasteiger partial charge in [-0.2, -0.15) is 0 Å². The van der Waals surface area contributed by atoms with Gasteiger partial charge in [-0.3, -0.25) is 0 Å². The molecule has 0 saturated heterocycles. The third-order valence-corrected chi connectivity index (χ3v) is 1.85. The van der Waals surface area contributed by atoms with Gasteiger partial charge in [0, 0.05) is 17.9 Å². The van der Waals surface area contributed by atoms with Crippen LogP contribution in [0, 0.1) is 0 Å². The Morgan fingerprint density at radius 2 is 1.92 bits per heavy atom. The van der Waals surface area contributed by atoms with E-state index in [4.69, 9.17) is 0 Å². The van der Waals surface area contributed by atoms with Crippen molar-refractivity contribution in [3.05, 3.63) is 49.4 Å². The Labute approximate surface area is 81.8 Å². The van der Waals surface area contributed by atoms with Crippen LogP contribution in [0.1, 0.15) is 20.3 Å². The molecule has 0 aromatic rings. The van der Waals surface area contributed by atoms with E-state index in [2.05, 4.69) is 31.6 Å². The predicted molar refractivity (Wildman–Crippen MR) is 60.3 cm³/mol. The summed E-state index contributed by atoms with van der Waals surface area (Å²) in [6.45, 7) is 16.5. The Balaban J connectivity index is 4.67. The Kier molecular flexibility index (Phi) is 5.69. The molecule has 0 N–H and O–H groups in total. The number of rotatable bonds is 6. The van der Waals surface area contributed by atoms with Crippen LogP contribution in [0.15, 0.2) is 49.4 Å². The monoisotopic (exact) mass is 177 g/mol. The molecule has 0 fully saturated rings. The molecule has 0 radical (unpaired) electrons. The summed E-state index contributed by atoms with van der Waals surface area (Å²) in [6, 6.07) is 0. The molecule has 1 nitrogen and oxygen atoms in total. The van der Waals surface area contributed by atoms with E-state index >= 15 is 0 Å². The summed E-state index contributed by atoms with van der Waals surface area (Å²) < 4.78 is 0. The minimum Gasteiger partial charge on any atom is -0.342 e. The van der Waals surface area contributed by atoms with Crippen LogP contribution in [0.3, 0.4) is 0 Å². The maximum atomic E-state index is 3.93. The molecule has 0 bridgehead atoms. The maximum Gasteiger partial charge on any atom is 0.0361 e. The first-order valence-electron chi connectivity index (χ1n) is 4.58. The predicted octanol–water partition coefficient (Wildman–Crippen LogP) is 3.49. The molecule has 0 rings (SSSR count). The highest BCUT2D eigenvalue weighted by atomic mass is 15.1. The Hall–Kier alpha value is -1.24. The fourth-order valence-corrected chi connectivity index (χ4v) is 1.16. The third-order valence-electron chi connectivity index (χ3n) is 1.85. The zero-order valence-electron chi connectivity index (χ0n) is 8.71. The van der Waals surface area contributed by atoms with Crippen LogP contribution < -0.4 is 0 Å². The van der Waals surface area contributed by atoms with Gasteiger partial charge in [0.2, 0.25) is 0 Å². The molecule has 0 amide bonds. The highest BCUT2D eigenvalue weighted by Crippen LogP contribution is 2.13. The molecule has 0 aliphatic heterocycles. The second-order valence-electron chi connectivity index (χ2n) is 2.76. The highest BCUT2D eigenvalue weighted by Gasteiger charge is 2.05. The van der Waals surface area contributed by atoms with Crippen molar-refractivity contribution < 1.29 is 0 Å². The van der Waals surface area contributed by atoms with Crippen LogP contribution in [0.25, 0.3) is 0 Å². The molecular weight excluding hydrogens is 158 g/mol. The average molecular weight is 177 g/mol. The van der Waals surface area contributed by atoms with E-state index in [0.717, 1.165) is 24.4 Å². The normalized spacial score (nSPS) is 10.8. The standard InChI is InChI=1S/C12H19N/c1-6-10-13(11(5)7-2)12(8-3)9-4/h7-9H,2-3,5-6,10H2,1,4H3/b12-9+. The van der Waals surface area contributed by atoms with Gasteiger partial charge in [0.05, 0.1) is 0 Å². The molecule has 0 aliphatic rings. The lowest BCUT2D eigenvalue weighted by molar-refractivity contribution is 0.451. The highest BCUT2D eigenvalue weighted by molar-refractivity contribution is 5.24. The van der Waals surface area contributed by atoms with Gasteiger partial charge in [-0.15, -0.1) is 0 Å². The first-order chi connectivity index (χ1) is 6.21. The zero-order chi connectivity index (χ0) is 10.3. The van der Waals surface area contributed by atoms with Crippen LogP contribution >= 0.6 is 0 Å². The molecule has 0 atom stereocenters. The lowest BCUT2D eigenvalue weighted by atomic mass is 10.2. The minimum absolute atomic E-state index is 0.926. The lowest BCUT2D eigenvalue weighted by Gasteiger charge is -2.25. The van der Waals surface area contributed by atoms with Gasteiger partial charge in [-0.05, 0) is 25.5 Å². The van der Waals surface area contributed by atoms with Crippen LogP contribution in [0.4, 0.5) is 0 Å². The molecule has 0 saturated carbocycles. The van der Waals surface area contributed by atoms with Crippen molar-refractivity contribution in [2.45, 2.75) is 20.3 Å². The van der Waals surface area contributed by atoms with Crippen molar-refractivity contribution in [1.29, 1.82) is 0 Å². The molecule has 0 heterocycles. The number of hydrogen-bond donors (Lipinski definition) is 0. The molecule has 0 aromatic carbocycles. The summed E-state index contributed by atoms with van der Waals surface area (Å²) >= 11 is 0. The van der Waals surface area contributed by atoms with Crippen molar-refractivity contribution in [2.24, 2.45) is 0 Å². The smallest absolute Gasteiger partial charge is 0.0361 e. The van der Waals surface area contributed by atoms with Gasteiger partial charge in [0.25, 0.3) is 0 Å². The quantitative estimate of drug-likeness (QED) is 0.561. The van der Waals surface area contributed by atoms with E-state index in [1.54, 1.807) is 6.08 Å². The Morgan fingerprint density at radius 1 is 1.31 bits per heavy atom. The summed E-state index contributed by atoms with van der Waals surface area (Å²) in [5.41, 5.74) is 2.02. The molecule has 0 aromatic heterocycles. The third kappa shape index (κ3) is 3.32. The molecule has 0 unspecified atom stereocenters. The summed E-state index contributed by atoms with van der Waals surface area (Å²) in [5, 5.41) is 0. The average Bonchev–Trinajstić information content (AvgIpc) is 2.17. The van der Waals surface area contributed by atoms with Crippen LogP contribution in [-0.2, 0) is 0 Å². The topological polar surface area (TPSA) is 3.24 Å². The van der Waals surface area contributed by atoms with E-state index < -0.39 is 0 Å². The van der Waals surface area contributed by atoms with E-state index in [1.807, 2.05) is 19.1 Å². The molecular formula is C12H19N. The molecule has 72 valence electrons. The minimum atomic E-state index is 0.926. The SMILES string of the molecule is C=CC(=C)N(CCC)/C(C=C)=C/C. The van der Waals surface area contributed by atoms with Gasteiger partial charge in [0.15, 0.2) is 0 Å². The lowest BCUT2D eigenvalue weighted by Crippen LogP contribution is -2.20. The Morgan fingerprint density at radius 3 is 2.23 bits per heavy atom. The fourth-order valence-electron chi connectivity index (χ4n) is 1.16. The van der Waals surface area contributed by atoms with E-state index in [1.165, 1.54) is 0 Å². The van der Waals surface area contributed by atoms with Gasteiger partial charge >= 0.3 is 0 Å². The van der Waals surface area contributed by atoms with Crippen molar-refractivity contribution in [3.63, 3.8) is 0 Å². The number of hydrogen-bond acceptors (Lipinski definition) is 1. The van der Waals surface area contributed by atoms with Gasteiger partial charge in [-0.1, -0.05) is 32.7 Å². The van der Waals surface area contributed by atoms with Crippen molar-refractivity contribution in [3.8, 4) is 0 Å². The first kappa shape index (κ1) is 11.8. The van der Waals surface area contributed by atoms with Crippen LogP contribution in [-0.4, -0.2) is 11.4 Å². The number of nitrogens with zero attached hydrogens (tertiary/aromatic N) is 1. The van der Waals surface area contributed by atoms with Gasteiger partial charge in [-0.25, -0.2) is 0 Å². The summed E-state index contributed by atoms with van der Waals surface area (Å²) in [5.74, 6) is 0. The molecule has 0 aliphatic carbocycles.